The average Bonchev–Trinajstić information content (AvgIpc) is 3.23. The largest absolute Gasteiger partial charge is 0.456 e. The number of primary sulfonamides is 1. The number of unbranched alkanes of at least 4 members (excludes halogenated alkanes) is 15. The van der Waals surface area contributed by atoms with Crippen molar-refractivity contribution < 1.29 is 30.8 Å². The molecule has 336 valence electrons. The number of ether oxygens (including phenoxy) is 1. The molecule has 0 aromatic heterocycles. The number of hydrogen-bond donors (Lipinski definition) is 2. The Morgan fingerprint density at radius 1 is 0.683 bits per heavy atom. The molecule has 0 radical (unpaired) electrons. The molecule has 60 heavy (non-hydrogen) atoms. The summed E-state index contributed by atoms with van der Waals surface area (Å²) in [5.74, 6) is 3.75. The maximum absolute atomic E-state index is 13.5. The predicted octanol–water partition coefficient (Wildman–Crippen LogP) is 10.8. The van der Waals surface area contributed by atoms with E-state index in [9.17, 15) is 21.4 Å². The fraction of sp³-hybridized carbons (Fsp3) is 0.625. The van der Waals surface area contributed by atoms with E-state index in [4.69, 9.17) is 4.74 Å². The van der Waals surface area contributed by atoms with Crippen LogP contribution in [0.5, 0.6) is 5.75 Å². The van der Waals surface area contributed by atoms with Crippen molar-refractivity contribution in [1.29, 1.82) is 0 Å². The van der Waals surface area contributed by atoms with Gasteiger partial charge in [0.2, 0.25) is 0 Å². The Morgan fingerprint density at radius 3 is 1.82 bits per heavy atom. The first-order valence-electron chi connectivity index (χ1n) is 23.2. The fourth-order valence-electron chi connectivity index (χ4n) is 8.35. The first kappa shape index (κ1) is 50.0. The Balaban J connectivity index is 1.31. The zero-order valence-electron chi connectivity index (χ0n) is 37.4. The van der Waals surface area contributed by atoms with Crippen LogP contribution in [0.1, 0.15) is 155 Å². The SMILES string of the molecule is CCCCCCCCCCSCCCCCCCCCCC[NH2+]S(=O)(=O)c1ccc(C2=C3C=CC(N(CC)CC)C=C3Oc3cc(N(CC)CC)ccc32)c(S(=O)(=O)O)c1. The molecule has 0 saturated heterocycles. The van der Waals surface area contributed by atoms with Crippen LogP contribution in [0.3, 0.4) is 0 Å². The summed E-state index contributed by atoms with van der Waals surface area (Å²) >= 11 is 2.12. The molecule has 2 aromatic carbocycles. The van der Waals surface area contributed by atoms with Gasteiger partial charge in [-0.15, -0.1) is 0 Å². The van der Waals surface area contributed by atoms with Crippen LogP contribution in [0.15, 0.2) is 75.7 Å². The van der Waals surface area contributed by atoms with Gasteiger partial charge in [0.25, 0.3) is 10.1 Å². The predicted molar refractivity (Wildman–Crippen MR) is 252 cm³/mol. The molecule has 1 aliphatic carbocycles. The van der Waals surface area contributed by atoms with Crippen LogP contribution < -0.4 is 14.4 Å². The zero-order valence-corrected chi connectivity index (χ0v) is 39.9. The topological polar surface area (TPSA) is 121 Å². The van der Waals surface area contributed by atoms with E-state index in [0.29, 0.717) is 34.8 Å². The molecule has 1 atom stereocenters. The lowest BCUT2D eigenvalue weighted by Crippen LogP contribution is -2.87. The van der Waals surface area contributed by atoms with Crippen molar-refractivity contribution in [2.45, 2.75) is 160 Å². The van der Waals surface area contributed by atoms with E-state index in [1.165, 1.54) is 112 Å². The second-order valence-corrected chi connectivity index (χ2v) is 20.8. The molecule has 0 fully saturated rings. The minimum atomic E-state index is -4.84. The van der Waals surface area contributed by atoms with Gasteiger partial charge in [-0.2, -0.15) is 28.6 Å². The third-order valence-corrected chi connectivity index (χ3v) is 15.6. The van der Waals surface area contributed by atoms with Gasteiger partial charge in [-0.3, -0.25) is 9.45 Å². The highest BCUT2D eigenvalue weighted by atomic mass is 32.2. The Kier molecular flexibility index (Phi) is 21.8. The molecule has 1 heterocycles. The van der Waals surface area contributed by atoms with Crippen molar-refractivity contribution in [3.63, 3.8) is 0 Å². The molecule has 2 aromatic rings. The summed E-state index contributed by atoms with van der Waals surface area (Å²) < 4.78 is 71.7. The normalized spacial score (nSPS) is 15.2. The highest BCUT2D eigenvalue weighted by Gasteiger charge is 2.33. The number of nitrogens with two attached hydrogens (primary N) is 1. The summed E-state index contributed by atoms with van der Waals surface area (Å²) in [6.45, 7) is 14.3. The lowest BCUT2D eigenvalue weighted by Gasteiger charge is -2.33. The summed E-state index contributed by atoms with van der Waals surface area (Å²) in [7, 11) is -8.76. The summed E-state index contributed by atoms with van der Waals surface area (Å²) in [5, 5.41) is 0. The highest BCUT2D eigenvalue weighted by molar-refractivity contribution is 7.99. The standard InChI is InChI=1S/C48H75N3O6S3/c1-6-11-12-13-14-19-22-25-34-58-35-26-23-20-17-15-16-18-21-24-33-49-59(52,53)41-29-32-44(47(38-41)60(54,55)56)48-42-30-27-39(50(7-2)8-3)36-45(42)57-46-37-40(28-31-43(46)48)51(9-4)10-5/h27-32,36-39,49H,6-26,33-35H2,1-5H3,(H,54,55,56)/p+1. The van der Waals surface area contributed by atoms with E-state index in [1.54, 1.807) is 0 Å². The Hall–Kier alpha value is -2.61. The quantitative estimate of drug-likeness (QED) is 0.0563. The monoisotopic (exact) mass is 886 g/mol. The number of anilines is 1. The lowest BCUT2D eigenvalue weighted by atomic mass is 9.86. The minimum absolute atomic E-state index is 0.0188. The Bertz CT molecular complexity index is 1940. The van der Waals surface area contributed by atoms with Gasteiger partial charge in [0.15, 0.2) is 0 Å². The van der Waals surface area contributed by atoms with E-state index < -0.39 is 25.0 Å². The zero-order chi connectivity index (χ0) is 43.4. The van der Waals surface area contributed by atoms with Gasteiger partial charge in [-0.25, -0.2) is 4.72 Å². The van der Waals surface area contributed by atoms with Crippen molar-refractivity contribution in [3.8, 4) is 5.75 Å². The maximum atomic E-state index is 13.5. The van der Waals surface area contributed by atoms with Gasteiger partial charge in [-0.1, -0.05) is 122 Å². The van der Waals surface area contributed by atoms with Crippen LogP contribution in [-0.2, 0) is 20.1 Å². The molecule has 0 saturated carbocycles. The van der Waals surface area contributed by atoms with Gasteiger partial charge >= 0.3 is 10.0 Å². The number of sulfonamides is 1. The third-order valence-electron chi connectivity index (χ3n) is 11.9. The molecule has 12 heteroatoms. The molecular formula is C48H76N3O6S3+. The van der Waals surface area contributed by atoms with E-state index in [1.807, 2.05) is 30.4 Å². The number of hydrogen-bond acceptors (Lipinski definition) is 8. The molecular weight excluding hydrogens is 811 g/mol. The molecule has 0 amide bonds. The lowest BCUT2D eigenvalue weighted by molar-refractivity contribution is -0.497. The number of nitrogens with zero attached hydrogens (tertiary/aromatic N) is 2. The van der Waals surface area contributed by atoms with Crippen molar-refractivity contribution in [3.05, 3.63) is 77.1 Å². The van der Waals surface area contributed by atoms with Crippen LogP contribution in [0.2, 0.25) is 0 Å². The number of rotatable bonds is 31. The summed E-state index contributed by atoms with van der Waals surface area (Å²) in [6, 6.07) is 9.91. The van der Waals surface area contributed by atoms with Gasteiger partial charge in [0, 0.05) is 47.1 Å². The van der Waals surface area contributed by atoms with E-state index in [2.05, 4.69) is 62.3 Å². The highest BCUT2D eigenvalue weighted by Crippen LogP contribution is 2.46. The molecule has 1 aliphatic heterocycles. The molecule has 1 unspecified atom stereocenters. The molecule has 0 spiro atoms. The van der Waals surface area contributed by atoms with Gasteiger partial charge in [-0.05, 0) is 94.5 Å². The van der Waals surface area contributed by atoms with E-state index in [0.717, 1.165) is 63.6 Å². The van der Waals surface area contributed by atoms with Crippen molar-refractivity contribution >= 4 is 43.2 Å². The number of thioether (sulfide) groups is 1. The number of benzene rings is 2. The van der Waals surface area contributed by atoms with E-state index in [-0.39, 0.29) is 16.5 Å². The van der Waals surface area contributed by atoms with Crippen molar-refractivity contribution in [1.82, 2.24) is 4.90 Å². The number of likely N-dealkylation sites (N-methyl/N-ethyl adjacent to an activating group) is 1. The Morgan fingerprint density at radius 2 is 1.25 bits per heavy atom. The van der Waals surface area contributed by atoms with Crippen LogP contribution in [0, 0.1) is 0 Å². The van der Waals surface area contributed by atoms with Crippen LogP contribution in [0.25, 0.3) is 5.57 Å². The minimum Gasteiger partial charge on any atom is -0.456 e. The second-order valence-electron chi connectivity index (χ2n) is 16.2. The smallest absolute Gasteiger partial charge is 0.324 e. The van der Waals surface area contributed by atoms with Crippen LogP contribution >= 0.6 is 11.8 Å². The Labute approximate surface area is 368 Å². The van der Waals surface area contributed by atoms with Crippen LogP contribution in [0.4, 0.5) is 5.69 Å². The van der Waals surface area contributed by atoms with Crippen molar-refractivity contribution in [2.75, 3.05) is 49.1 Å². The molecule has 9 nitrogen and oxygen atoms in total. The first-order chi connectivity index (χ1) is 29.0. The number of allylic oxidation sites excluding steroid dienone is 1. The van der Waals surface area contributed by atoms with Crippen LogP contribution in [-0.4, -0.2) is 76.6 Å². The molecule has 2 aliphatic rings. The molecule has 3 N–H and O–H groups in total. The molecule has 4 rings (SSSR count). The summed E-state index contributed by atoms with van der Waals surface area (Å²) in [5.41, 5.74) is 3.09. The summed E-state index contributed by atoms with van der Waals surface area (Å²) in [4.78, 5) is 3.89. The van der Waals surface area contributed by atoms with Gasteiger partial charge in [0.05, 0.1) is 12.6 Å². The number of fused-ring (bicyclic) bond motifs is 2. The van der Waals surface area contributed by atoms with Gasteiger partial charge < -0.3 is 9.64 Å². The molecule has 0 bridgehead atoms. The van der Waals surface area contributed by atoms with E-state index >= 15 is 0 Å². The second kappa shape index (κ2) is 26.1. The maximum Gasteiger partial charge on any atom is 0.324 e. The number of quaternary nitrogens is 1. The fourth-order valence-corrected chi connectivity index (χ4v) is 11.4. The first-order valence-corrected chi connectivity index (χ1v) is 27.4. The average molecular weight is 887 g/mol. The summed E-state index contributed by atoms with van der Waals surface area (Å²) in [6.07, 6.45) is 27.4. The van der Waals surface area contributed by atoms with Crippen molar-refractivity contribution in [2.24, 2.45) is 0 Å². The van der Waals surface area contributed by atoms with Gasteiger partial charge in [0.1, 0.15) is 21.3 Å². The third kappa shape index (κ3) is 15.0.